The van der Waals surface area contributed by atoms with E-state index in [0.29, 0.717) is 0 Å². The van der Waals surface area contributed by atoms with Crippen molar-refractivity contribution >= 4 is 22.7 Å². The molecule has 0 radical (unpaired) electrons. The molecule has 0 aliphatic carbocycles. The number of nitrogens with zero attached hydrogens (tertiary/aromatic N) is 4. The molecule has 21 heavy (non-hydrogen) atoms. The largest absolute Gasteiger partial charge is 0.360 e. The molecule has 0 spiro atoms. The minimum Gasteiger partial charge on any atom is -0.360 e. The van der Waals surface area contributed by atoms with Crippen molar-refractivity contribution in [2.24, 2.45) is 0 Å². The number of aromatic nitrogens is 4. The zero-order valence-corrected chi connectivity index (χ0v) is 13.5. The van der Waals surface area contributed by atoms with E-state index in [4.69, 9.17) is 0 Å². The van der Waals surface area contributed by atoms with E-state index in [9.17, 15) is 0 Å². The Bertz CT molecular complexity index is 739. The molecule has 0 aromatic carbocycles. The molecule has 3 heterocycles. The van der Waals surface area contributed by atoms with Crippen molar-refractivity contribution in [1.82, 2.24) is 19.6 Å². The topological polar surface area (TPSA) is 55.1 Å². The van der Waals surface area contributed by atoms with Gasteiger partial charge in [0.2, 0.25) is 0 Å². The smallest absolute Gasteiger partial charge is 0.152 e. The van der Waals surface area contributed by atoms with Gasteiger partial charge in [0, 0.05) is 23.2 Å². The summed E-state index contributed by atoms with van der Waals surface area (Å²) in [6.07, 6.45) is 3.64. The van der Waals surface area contributed by atoms with Gasteiger partial charge in [-0.05, 0) is 13.0 Å². The Hall–Kier alpha value is -1.95. The molecule has 0 saturated heterocycles. The Balaban J connectivity index is 1.97. The normalized spacial score (nSPS) is 13.5. The van der Waals surface area contributed by atoms with Crippen molar-refractivity contribution in [1.29, 1.82) is 0 Å². The van der Waals surface area contributed by atoms with Gasteiger partial charge in [-0.1, -0.05) is 20.8 Å². The highest BCUT2D eigenvalue weighted by molar-refractivity contribution is 7.07. The third-order valence-corrected chi connectivity index (χ3v) is 4.01. The zero-order chi connectivity index (χ0) is 15.0. The van der Waals surface area contributed by atoms with E-state index >= 15 is 0 Å². The second-order valence-electron chi connectivity index (χ2n) is 6.16. The minimum absolute atomic E-state index is 0.0177. The number of hydrogen-bond donors (Lipinski definition) is 1. The molecular formula is C15H19N5S. The van der Waals surface area contributed by atoms with Crippen LogP contribution in [0, 0.1) is 0 Å². The van der Waals surface area contributed by atoms with Gasteiger partial charge >= 0.3 is 0 Å². The number of hydrogen-bond acceptors (Lipinski definition) is 5. The Morgan fingerprint density at radius 2 is 2.10 bits per heavy atom. The lowest BCUT2D eigenvalue weighted by molar-refractivity contribution is 0.562. The lowest BCUT2D eigenvalue weighted by Crippen LogP contribution is -2.11. The van der Waals surface area contributed by atoms with Crippen LogP contribution in [0.4, 0.5) is 5.82 Å². The number of rotatable bonds is 3. The first-order valence-electron chi connectivity index (χ1n) is 6.94. The molecule has 3 rings (SSSR count). The van der Waals surface area contributed by atoms with Gasteiger partial charge in [-0.25, -0.2) is 14.5 Å². The van der Waals surface area contributed by atoms with Crippen molar-refractivity contribution in [2.45, 2.75) is 39.2 Å². The van der Waals surface area contributed by atoms with Crippen LogP contribution in [0.2, 0.25) is 0 Å². The van der Waals surface area contributed by atoms with E-state index in [1.54, 1.807) is 17.5 Å². The number of anilines is 1. The Morgan fingerprint density at radius 1 is 1.29 bits per heavy atom. The Morgan fingerprint density at radius 3 is 2.76 bits per heavy atom. The molecule has 1 unspecified atom stereocenters. The van der Waals surface area contributed by atoms with Gasteiger partial charge in [-0.3, -0.25) is 0 Å². The highest BCUT2D eigenvalue weighted by Gasteiger charge is 2.19. The van der Waals surface area contributed by atoms with Crippen LogP contribution < -0.4 is 5.32 Å². The highest BCUT2D eigenvalue weighted by Crippen LogP contribution is 2.26. The van der Waals surface area contributed by atoms with E-state index in [2.05, 4.69) is 59.5 Å². The van der Waals surface area contributed by atoms with E-state index in [1.165, 1.54) is 0 Å². The summed E-state index contributed by atoms with van der Waals surface area (Å²) in [4.78, 5) is 8.80. The fourth-order valence-corrected chi connectivity index (χ4v) is 2.76. The second-order valence-corrected chi connectivity index (χ2v) is 6.88. The average molecular weight is 301 g/mol. The van der Waals surface area contributed by atoms with Crippen molar-refractivity contribution in [2.75, 3.05) is 5.32 Å². The summed E-state index contributed by atoms with van der Waals surface area (Å²) < 4.78 is 1.88. The van der Waals surface area contributed by atoms with Gasteiger partial charge in [0.1, 0.15) is 5.52 Å². The van der Waals surface area contributed by atoms with Gasteiger partial charge in [-0.15, -0.1) is 11.3 Å². The maximum absolute atomic E-state index is 4.64. The molecule has 5 nitrogen and oxygen atoms in total. The summed E-state index contributed by atoms with van der Waals surface area (Å²) >= 11 is 1.60. The van der Waals surface area contributed by atoms with Gasteiger partial charge in [0.05, 0.1) is 22.9 Å². The quantitative estimate of drug-likeness (QED) is 0.802. The van der Waals surface area contributed by atoms with Crippen LogP contribution in [0.5, 0.6) is 0 Å². The summed E-state index contributed by atoms with van der Waals surface area (Å²) in [7, 11) is 0. The predicted octanol–water partition coefficient (Wildman–Crippen LogP) is 3.66. The molecule has 0 amide bonds. The molecule has 3 aromatic heterocycles. The minimum atomic E-state index is 0.0177. The lowest BCUT2D eigenvalue weighted by Gasteiger charge is -2.13. The van der Waals surface area contributed by atoms with E-state index < -0.39 is 0 Å². The molecule has 1 N–H and O–H groups in total. The van der Waals surface area contributed by atoms with E-state index in [0.717, 1.165) is 22.7 Å². The zero-order valence-electron chi connectivity index (χ0n) is 12.7. The fraction of sp³-hybridized carbons (Fsp3) is 0.400. The molecule has 3 aromatic rings. The van der Waals surface area contributed by atoms with E-state index in [-0.39, 0.29) is 11.5 Å². The molecular weight excluding hydrogens is 282 g/mol. The Labute approximate surface area is 128 Å². The van der Waals surface area contributed by atoms with Crippen molar-refractivity contribution in [3.63, 3.8) is 0 Å². The molecule has 110 valence electrons. The SMILES string of the molecule is CC(Nc1nccn2nc(C(C)(C)C)cc12)c1cscn1. The molecule has 0 bridgehead atoms. The van der Waals surface area contributed by atoms with Crippen LogP contribution in [0.15, 0.2) is 29.4 Å². The molecule has 6 heteroatoms. The van der Waals surface area contributed by atoms with Crippen molar-refractivity contribution < 1.29 is 0 Å². The summed E-state index contributed by atoms with van der Waals surface area (Å²) in [5, 5.41) is 10.1. The van der Waals surface area contributed by atoms with Crippen LogP contribution >= 0.6 is 11.3 Å². The van der Waals surface area contributed by atoms with Gasteiger partial charge < -0.3 is 5.32 Å². The summed E-state index contributed by atoms with van der Waals surface area (Å²) in [6.45, 7) is 8.56. The van der Waals surface area contributed by atoms with Gasteiger partial charge in [-0.2, -0.15) is 5.10 Å². The monoisotopic (exact) mass is 301 g/mol. The number of fused-ring (bicyclic) bond motifs is 1. The summed E-state index contributed by atoms with van der Waals surface area (Å²) in [5.41, 5.74) is 4.94. The van der Waals surface area contributed by atoms with Crippen LogP contribution in [-0.4, -0.2) is 19.6 Å². The van der Waals surface area contributed by atoms with Crippen molar-refractivity contribution in [3.05, 3.63) is 40.7 Å². The van der Waals surface area contributed by atoms with Crippen LogP contribution in [0.25, 0.3) is 5.52 Å². The van der Waals surface area contributed by atoms with Crippen LogP contribution in [-0.2, 0) is 5.41 Å². The van der Waals surface area contributed by atoms with Crippen LogP contribution in [0.3, 0.4) is 0 Å². The number of nitrogens with one attached hydrogen (secondary N) is 1. The third-order valence-electron chi connectivity index (χ3n) is 3.41. The third kappa shape index (κ3) is 2.76. The molecule has 1 atom stereocenters. The maximum Gasteiger partial charge on any atom is 0.152 e. The molecule has 0 saturated carbocycles. The second kappa shape index (κ2) is 5.11. The predicted molar refractivity (Wildman–Crippen MR) is 85.8 cm³/mol. The van der Waals surface area contributed by atoms with Gasteiger partial charge in [0.15, 0.2) is 5.82 Å². The summed E-state index contributed by atoms with van der Waals surface area (Å²) in [6, 6.07) is 2.21. The van der Waals surface area contributed by atoms with Crippen molar-refractivity contribution in [3.8, 4) is 0 Å². The molecule has 0 aliphatic rings. The lowest BCUT2D eigenvalue weighted by atomic mass is 9.92. The number of thiazole rings is 1. The molecule has 0 fully saturated rings. The van der Waals surface area contributed by atoms with Gasteiger partial charge in [0.25, 0.3) is 0 Å². The van der Waals surface area contributed by atoms with Crippen LogP contribution in [0.1, 0.15) is 45.1 Å². The first-order chi connectivity index (χ1) is 9.95. The molecule has 0 aliphatic heterocycles. The first kappa shape index (κ1) is 14.0. The summed E-state index contributed by atoms with van der Waals surface area (Å²) in [5.74, 6) is 0.834. The van der Waals surface area contributed by atoms with E-state index in [1.807, 2.05) is 16.2 Å². The highest BCUT2D eigenvalue weighted by atomic mass is 32.1. The average Bonchev–Trinajstić information content (AvgIpc) is 3.07. The fourth-order valence-electron chi connectivity index (χ4n) is 2.11. The Kier molecular flexibility index (Phi) is 3.41. The first-order valence-corrected chi connectivity index (χ1v) is 7.89. The maximum atomic E-state index is 4.64. The standard InChI is InChI=1S/C15H19N5S/c1-10(11-8-21-9-17-11)18-14-12-7-13(15(2,3)4)19-20(12)6-5-16-14/h5-10H,1-4H3,(H,16,18).